The van der Waals surface area contributed by atoms with Crippen LogP contribution in [0, 0.1) is 0 Å². The lowest BCUT2D eigenvalue weighted by Gasteiger charge is -2.09. The lowest BCUT2D eigenvalue weighted by molar-refractivity contribution is 0.102. The summed E-state index contributed by atoms with van der Waals surface area (Å²) in [7, 11) is 0. The number of thiophene rings is 1. The molecule has 25 heavy (non-hydrogen) atoms. The van der Waals surface area contributed by atoms with Crippen LogP contribution in [0.3, 0.4) is 0 Å². The van der Waals surface area contributed by atoms with E-state index in [2.05, 4.69) is 42.8 Å². The maximum atomic E-state index is 12.4. The fourth-order valence-electron chi connectivity index (χ4n) is 2.63. The van der Waals surface area contributed by atoms with Crippen LogP contribution in [0.15, 0.2) is 51.4 Å². The summed E-state index contributed by atoms with van der Waals surface area (Å²) in [5.74, 6) is 2.08. The molecule has 3 aromatic rings. The van der Waals surface area contributed by atoms with Crippen molar-refractivity contribution in [2.45, 2.75) is 30.5 Å². The molecule has 4 rings (SSSR count). The highest BCUT2D eigenvalue weighted by Crippen LogP contribution is 2.40. The number of Topliss-reactive ketones (excluding diaryl/α,β-unsaturated/α-hetero) is 1. The maximum absolute atomic E-state index is 12.4. The molecule has 0 aliphatic heterocycles. The molecule has 0 saturated heterocycles. The number of ketones is 1. The number of aromatic nitrogens is 3. The number of hydrogen-bond acceptors (Lipinski definition) is 5. The second-order valence-electron chi connectivity index (χ2n) is 6.00. The molecular formula is C18H16BrN3OS2. The third-order valence-corrected chi connectivity index (χ3v) is 6.68. The molecule has 1 fully saturated rings. The quantitative estimate of drug-likeness (QED) is 0.388. The highest BCUT2D eigenvalue weighted by Gasteiger charge is 2.30. The van der Waals surface area contributed by atoms with E-state index in [1.165, 1.54) is 41.5 Å². The molecule has 0 bridgehead atoms. The Hall–Kier alpha value is -1.44. The Morgan fingerprint density at radius 1 is 1.20 bits per heavy atom. The first-order chi connectivity index (χ1) is 12.2. The van der Waals surface area contributed by atoms with E-state index in [4.69, 9.17) is 0 Å². The number of halogens is 1. The number of benzene rings is 1. The van der Waals surface area contributed by atoms with Gasteiger partial charge in [0.2, 0.25) is 0 Å². The summed E-state index contributed by atoms with van der Waals surface area (Å²) in [5.41, 5.74) is 1.22. The molecule has 2 heterocycles. The summed E-state index contributed by atoms with van der Waals surface area (Å²) >= 11 is 6.35. The van der Waals surface area contributed by atoms with Crippen LogP contribution in [0.25, 0.3) is 0 Å². The van der Waals surface area contributed by atoms with Gasteiger partial charge in [-0.2, -0.15) is 0 Å². The third-order valence-electron chi connectivity index (χ3n) is 4.05. The van der Waals surface area contributed by atoms with Gasteiger partial charge in [-0.05, 0) is 46.5 Å². The van der Waals surface area contributed by atoms with Crippen molar-refractivity contribution in [1.82, 2.24) is 14.8 Å². The summed E-state index contributed by atoms with van der Waals surface area (Å²) in [6.07, 6.45) is 2.36. The van der Waals surface area contributed by atoms with Gasteiger partial charge in [-0.3, -0.25) is 4.79 Å². The van der Waals surface area contributed by atoms with E-state index in [9.17, 15) is 4.79 Å². The van der Waals surface area contributed by atoms with Gasteiger partial charge in [-0.15, -0.1) is 21.5 Å². The van der Waals surface area contributed by atoms with Crippen molar-refractivity contribution < 1.29 is 4.79 Å². The number of carbonyl (C=O) groups excluding carboxylic acids is 1. The van der Waals surface area contributed by atoms with Crippen LogP contribution < -0.4 is 0 Å². The van der Waals surface area contributed by atoms with Crippen molar-refractivity contribution in [3.8, 4) is 0 Å². The van der Waals surface area contributed by atoms with Crippen LogP contribution in [0.5, 0.6) is 0 Å². The Balaban J connectivity index is 1.52. The lowest BCUT2D eigenvalue weighted by Crippen LogP contribution is -2.07. The van der Waals surface area contributed by atoms with Gasteiger partial charge < -0.3 is 4.57 Å². The minimum absolute atomic E-state index is 0.128. The van der Waals surface area contributed by atoms with E-state index in [1.54, 1.807) is 0 Å². The summed E-state index contributed by atoms with van der Waals surface area (Å²) in [6.45, 7) is 0.751. The molecular weight excluding hydrogens is 418 g/mol. The molecule has 1 saturated carbocycles. The van der Waals surface area contributed by atoms with E-state index >= 15 is 0 Å². The van der Waals surface area contributed by atoms with E-state index in [-0.39, 0.29) is 5.78 Å². The van der Waals surface area contributed by atoms with Crippen molar-refractivity contribution >= 4 is 44.8 Å². The fraction of sp³-hybridized carbons (Fsp3) is 0.278. The van der Waals surface area contributed by atoms with Crippen LogP contribution in [-0.2, 0) is 6.54 Å². The van der Waals surface area contributed by atoms with Crippen molar-refractivity contribution in [2.24, 2.45) is 0 Å². The smallest absolute Gasteiger partial charge is 0.191 e. The standard InChI is InChI=1S/C18H16BrN3OS2/c19-16-9-8-15(25-16)14(23)11-24-18-21-20-17(13-6-7-13)22(18)10-12-4-2-1-3-5-12/h1-5,8-9,13H,6-7,10-11H2. The highest BCUT2D eigenvalue weighted by atomic mass is 79.9. The second-order valence-corrected chi connectivity index (χ2v) is 9.41. The molecule has 0 unspecified atom stereocenters. The van der Waals surface area contributed by atoms with Gasteiger partial charge in [-0.25, -0.2) is 0 Å². The zero-order valence-corrected chi connectivity index (χ0v) is 16.6. The predicted octanol–water partition coefficient (Wildman–Crippen LogP) is 5.00. The minimum Gasteiger partial charge on any atom is -0.301 e. The summed E-state index contributed by atoms with van der Waals surface area (Å²) < 4.78 is 3.15. The number of hydrogen-bond donors (Lipinski definition) is 0. The van der Waals surface area contributed by atoms with E-state index in [0.29, 0.717) is 11.7 Å². The van der Waals surface area contributed by atoms with Gasteiger partial charge in [0.05, 0.1) is 21.0 Å². The van der Waals surface area contributed by atoms with Crippen molar-refractivity contribution in [3.63, 3.8) is 0 Å². The summed E-state index contributed by atoms with van der Waals surface area (Å²) in [6, 6.07) is 14.1. The Morgan fingerprint density at radius 2 is 2.00 bits per heavy atom. The average Bonchev–Trinajstić information content (AvgIpc) is 3.25. The largest absolute Gasteiger partial charge is 0.301 e. The molecule has 0 atom stereocenters. The topological polar surface area (TPSA) is 47.8 Å². The first-order valence-corrected chi connectivity index (χ1v) is 10.7. The molecule has 2 aromatic heterocycles. The van der Waals surface area contributed by atoms with Crippen LogP contribution >= 0.6 is 39.0 Å². The Kier molecular flexibility index (Phi) is 5.05. The molecule has 0 N–H and O–H groups in total. The van der Waals surface area contributed by atoms with Crippen LogP contribution in [-0.4, -0.2) is 26.3 Å². The molecule has 0 radical (unpaired) electrons. The van der Waals surface area contributed by atoms with Gasteiger partial charge in [0, 0.05) is 5.92 Å². The van der Waals surface area contributed by atoms with Gasteiger partial charge in [-0.1, -0.05) is 42.1 Å². The van der Waals surface area contributed by atoms with Crippen LogP contribution in [0.2, 0.25) is 0 Å². The molecule has 1 aromatic carbocycles. The van der Waals surface area contributed by atoms with Gasteiger partial charge in [0.1, 0.15) is 5.82 Å². The van der Waals surface area contributed by atoms with E-state index in [1.807, 2.05) is 30.3 Å². The molecule has 0 amide bonds. The van der Waals surface area contributed by atoms with Gasteiger partial charge in [0.15, 0.2) is 10.9 Å². The Morgan fingerprint density at radius 3 is 2.68 bits per heavy atom. The first-order valence-electron chi connectivity index (χ1n) is 8.09. The monoisotopic (exact) mass is 433 g/mol. The lowest BCUT2D eigenvalue weighted by atomic mass is 10.2. The van der Waals surface area contributed by atoms with Crippen LogP contribution in [0.4, 0.5) is 0 Å². The van der Waals surface area contributed by atoms with Crippen molar-refractivity contribution in [2.75, 3.05) is 5.75 Å². The number of rotatable bonds is 7. The minimum atomic E-state index is 0.128. The molecule has 128 valence electrons. The maximum Gasteiger partial charge on any atom is 0.191 e. The first kappa shape index (κ1) is 17.0. The molecule has 1 aliphatic carbocycles. The van der Waals surface area contributed by atoms with Crippen molar-refractivity contribution in [3.05, 3.63) is 62.5 Å². The van der Waals surface area contributed by atoms with Gasteiger partial charge in [0.25, 0.3) is 0 Å². The van der Waals surface area contributed by atoms with Crippen molar-refractivity contribution in [1.29, 1.82) is 0 Å². The third kappa shape index (κ3) is 4.04. The zero-order valence-electron chi connectivity index (χ0n) is 13.4. The average molecular weight is 434 g/mol. The second kappa shape index (κ2) is 7.43. The highest BCUT2D eigenvalue weighted by molar-refractivity contribution is 9.11. The molecule has 0 spiro atoms. The fourth-order valence-corrected chi connectivity index (χ4v) is 4.87. The summed E-state index contributed by atoms with van der Waals surface area (Å²) in [5, 5.41) is 9.60. The predicted molar refractivity (Wildman–Crippen MR) is 105 cm³/mol. The van der Waals surface area contributed by atoms with E-state index < -0.39 is 0 Å². The summed E-state index contributed by atoms with van der Waals surface area (Å²) in [4.78, 5) is 13.1. The number of carbonyl (C=O) groups is 1. The molecule has 4 nitrogen and oxygen atoms in total. The van der Waals surface area contributed by atoms with E-state index in [0.717, 1.165) is 26.2 Å². The molecule has 1 aliphatic rings. The molecule has 7 heteroatoms. The Bertz CT molecular complexity index is 887. The number of nitrogens with zero attached hydrogens (tertiary/aromatic N) is 3. The Labute approximate surface area is 162 Å². The van der Waals surface area contributed by atoms with Crippen LogP contribution in [0.1, 0.15) is 39.8 Å². The SMILES string of the molecule is O=C(CSc1nnc(C2CC2)n1Cc1ccccc1)c1ccc(Br)s1. The number of thioether (sulfide) groups is 1. The zero-order chi connectivity index (χ0) is 17.2. The normalized spacial score (nSPS) is 14.0. The van der Waals surface area contributed by atoms with Gasteiger partial charge >= 0.3 is 0 Å².